The molecule has 1 fully saturated rings. The van der Waals surface area contributed by atoms with Crippen LogP contribution in [0.4, 0.5) is 5.82 Å². The largest absolute Gasteiger partial charge is 0.353 e. The molecule has 1 saturated heterocycles. The van der Waals surface area contributed by atoms with Gasteiger partial charge >= 0.3 is 0 Å². The van der Waals surface area contributed by atoms with Gasteiger partial charge in [0.2, 0.25) is 10.0 Å². The lowest BCUT2D eigenvalue weighted by molar-refractivity contribution is 0.384. The molecule has 0 saturated carbocycles. The minimum atomic E-state index is -3.46. The van der Waals surface area contributed by atoms with Crippen LogP contribution in [-0.4, -0.2) is 43.9 Å². The number of rotatable bonds is 5. The first-order chi connectivity index (χ1) is 12.0. The van der Waals surface area contributed by atoms with Gasteiger partial charge in [-0.15, -0.1) is 0 Å². The molecule has 0 aliphatic carbocycles. The van der Waals surface area contributed by atoms with Crippen LogP contribution in [0.3, 0.4) is 0 Å². The second kappa shape index (κ2) is 7.72. The van der Waals surface area contributed by atoms with Crippen LogP contribution in [0, 0.1) is 0 Å². The molecule has 134 valence electrons. The standard InChI is InChI=1S/C18H22ClN3O2S/c1-2-4-15-6-8-16(9-7-15)25(23,24)22-13-11-21(12-14-22)18-17(19)5-3-10-20-18/h3,5-10H,2,4,11-14H2,1H3. The molecule has 25 heavy (non-hydrogen) atoms. The summed E-state index contributed by atoms with van der Waals surface area (Å²) < 4.78 is 27.2. The van der Waals surface area contributed by atoms with E-state index in [1.807, 2.05) is 17.0 Å². The Kier molecular flexibility index (Phi) is 5.61. The molecular formula is C18H22ClN3O2S. The van der Waals surface area contributed by atoms with Crippen LogP contribution >= 0.6 is 11.6 Å². The van der Waals surface area contributed by atoms with E-state index < -0.39 is 10.0 Å². The number of aromatic nitrogens is 1. The first-order valence-electron chi connectivity index (χ1n) is 8.47. The third-order valence-corrected chi connectivity index (χ3v) is 6.58. The Morgan fingerprint density at radius 1 is 1.08 bits per heavy atom. The van der Waals surface area contributed by atoms with Crippen LogP contribution in [0.2, 0.25) is 5.02 Å². The van der Waals surface area contributed by atoms with Gasteiger partial charge in [-0.1, -0.05) is 37.1 Å². The van der Waals surface area contributed by atoms with E-state index in [2.05, 4.69) is 11.9 Å². The van der Waals surface area contributed by atoms with E-state index in [1.54, 1.807) is 30.5 Å². The van der Waals surface area contributed by atoms with Gasteiger partial charge in [-0.05, 0) is 36.2 Å². The fourth-order valence-electron chi connectivity index (χ4n) is 3.02. The number of benzene rings is 1. The van der Waals surface area contributed by atoms with Gasteiger partial charge in [0.1, 0.15) is 5.82 Å². The molecule has 0 atom stereocenters. The molecule has 3 rings (SSSR count). The molecule has 0 N–H and O–H groups in total. The smallest absolute Gasteiger partial charge is 0.243 e. The Labute approximate surface area is 154 Å². The maximum atomic E-state index is 12.8. The van der Waals surface area contributed by atoms with Gasteiger partial charge in [0.15, 0.2) is 0 Å². The highest BCUT2D eigenvalue weighted by Crippen LogP contribution is 2.25. The number of anilines is 1. The first kappa shape index (κ1) is 18.2. The number of piperazine rings is 1. The van der Waals surface area contributed by atoms with Crippen molar-refractivity contribution in [1.82, 2.24) is 9.29 Å². The minimum Gasteiger partial charge on any atom is -0.353 e. The summed E-state index contributed by atoms with van der Waals surface area (Å²) in [5.41, 5.74) is 1.16. The van der Waals surface area contributed by atoms with E-state index in [1.165, 1.54) is 4.31 Å². The third-order valence-electron chi connectivity index (χ3n) is 4.38. The van der Waals surface area contributed by atoms with Gasteiger partial charge in [0.25, 0.3) is 0 Å². The van der Waals surface area contributed by atoms with E-state index in [0.29, 0.717) is 41.9 Å². The number of sulfonamides is 1. The summed E-state index contributed by atoms with van der Waals surface area (Å²) in [5, 5.41) is 0.588. The Bertz CT molecular complexity index is 816. The van der Waals surface area contributed by atoms with Gasteiger partial charge in [0, 0.05) is 32.4 Å². The van der Waals surface area contributed by atoms with E-state index in [-0.39, 0.29) is 0 Å². The molecule has 5 nitrogen and oxygen atoms in total. The molecule has 1 aliphatic heterocycles. The van der Waals surface area contributed by atoms with Gasteiger partial charge in [-0.3, -0.25) is 0 Å². The molecule has 0 amide bonds. The summed E-state index contributed by atoms with van der Waals surface area (Å²) in [6.45, 7) is 4.10. The maximum Gasteiger partial charge on any atom is 0.243 e. The molecule has 0 bridgehead atoms. The molecule has 1 aliphatic rings. The maximum absolute atomic E-state index is 12.8. The van der Waals surface area contributed by atoms with E-state index >= 15 is 0 Å². The summed E-state index contributed by atoms with van der Waals surface area (Å²) in [4.78, 5) is 6.69. The third kappa shape index (κ3) is 3.97. The van der Waals surface area contributed by atoms with Gasteiger partial charge in [-0.2, -0.15) is 4.31 Å². The Morgan fingerprint density at radius 3 is 2.36 bits per heavy atom. The molecule has 0 radical (unpaired) electrons. The number of pyridine rings is 1. The van der Waals surface area contributed by atoms with Crippen LogP contribution in [0.15, 0.2) is 47.5 Å². The SMILES string of the molecule is CCCc1ccc(S(=O)(=O)N2CCN(c3ncccc3Cl)CC2)cc1. The average Bonchev–Trinajstić information content (AvgIpc) is 2.63. The van der Waals surface area contributed by atoms with E-state index in [0.717, 1.165) is 18.4 Å². The van der Waals surface area contributed by atoms with Crippen molar-refractivity contribution in [2.24, 2.45) is 0 Å². The van der Waals surface area contributed by atoms with Crippen molar-refractivity contribution in [3.8, 4) is 0 Å². The van der Waals surface area contributed by atoms with Crippen molar-refractivity contribution in [3.05, 3.63) is 53.2 Å². The predicted octanol–water partition coefficient (Wildman–Crippen LogP) is 3.20. The highest BCUT2D eigenvalue weighted by Gasteiger charge is 2.29. The highest BCUT2D eigenvalue weighted by atomic mass is 35.5. The molecule has 2 aromatic rings. The molecule has 1 aromatic carbocycles. The summed E-state index contributed by atoms with van der Waals surface area (Å²) in [6, 6.07) is 10.8. The lowest BCUT2D eigenvalue weighted by Gasteiger charge is -2.35. The predicted molar refractivity (Wildman–Crippen MR) is 101 cm³/mol. The second-order valence-corrected chi connectivity index (χ2v) is 8.44. The zero-order valence-electron chi connectivity index (χ0n) is 14.2. The first-order valence-corrected chi connectivity index (χ1v) is 10.3. The van der Waals surface area contributed by atoms with Crippen LogP contribution in [0.5, 0.6) is 0 Å². The molecule has 1 aromatic heterocycles. The Hall–Kier alpha value is -1.63. The monoisotopic (exact) mass is 379 g/mol. The lowest BCUT2D eigenvalue weighted by atomic mass is 10.1. The number of hydrogen-bond acceptors (Lipinski definition) is 4. The number of aryl methyl sites for hydroxylation is 1. The quantitative estimate of drug-likeness (QED) is 0.800. The van der Waals surface area contributed by atoms with Gasteiger partial charge < -0.3 is 4.90 Å². The Morgan fingerprint density at radius 2 is 1.76 bits per heavy atom. The minimum absolute atomic E-state index is 0.358. The van der Waals surface area contributed by atoms with Crippen molar-refractivity contribution in [3.63, 3.8) is 0 Å². The molecule has 0 spiro atoms. The van der Waals surface area contributed by atoms with Crippen LogP contribution in [-0.2, 0) is 16.4 Å². The zero-order valence-corrected chi connectivity index (χ0v) is 15.8. The van der Waals surface area contributed by atoms with Crippen LogP contribution in [0.25, 0.3) is 0 Å². The Balaban J connectivity index is 1.70. The summed E-state index contributed by atoms with van der Waals surface area (Å²) in [7, 11) is -3.46. The second-order valence-electron chi connectivity index (χ2n) is 6.09. The number of halogens is 1. The van der Waals surface area contributed by atoms with Crippen molar-refractivity contribution >= 4 is 27.4 Å². The van der Waals surface area contributed by atoms with Crippen LogP contribution in [0.1, 0.15) is 18.9 Å². The van der Waals surface area contributed by atoms with E-state index in [9.17, 15) is 8.42 Å². The molecular weight excluding hydrogens is 358 g/mol. The summed E-state index contributed by atoms with van der Waals surface area (Å²) >= 11 is 6.18. The lowest BCUT2D eigenvalue weighted by Crippen LogP contribution is -2.49. The highest BCUT2D eigenvalue weighted by molar-refractivity contribution is 7.89. The normalized spacial score (nSPS) is 16.2. The average molecular weight is 380 g/mol. The van der Waals surface area contributed by atoms with Crippen LogP contribution < -0.4 is 4.90 Å². The van der Waals surface area contributed by atoms with Crippen molar-refractivity contribution in [2.45, 2.75) is 24.7 Å². The summed E-state index contributed by atoms with van der Waals surface area (Å²) in [5.74, 6) is 0.713. The van der Waals surface area contributed by atoms with Crippen molar-refractivity contribution < 1.29 is 8.42 Å². The molecule has 2 heterocycles. The van der Waals surface area contributed by atoms with Gasteiger partial charge in [0.05, 0.1) is 9.92 Å². The number of hydrogen-bond donors (Lipinski definition) is 0. The van der Waals surface area contributed by atoms with Crippen molar-refractivity contribution in [1.29, 1.82) is 0 Å². The molecule has 0 unspecified atom stereocenters. The van der Waals surface area contributed by atoms with Crippen molar-refractivity contribution in [2.75, 3.05) is 31.1 Å². The topological polar surface area (TPSA) is 53.5 Å². The molecule has 7 heteroatoms. The fourth-order valence-corrected chi connectivity index (χ4v) is 4.68. The zero-order chi connectivity index (χ0) is 17.9. The summed E-state index contributed by atoms with van der Waals surface area (Å²) in [6.07, 6.45) is 3.70. The van der Waals surface area contributed by atoms with Gasteiger partial charge in [-0.25, -0.2) is 13.4 Å². The van der Waals surface area contributed by atoms with E-state index in [4.69, 9.17) is 11.6 Å². The fraction of sp³-hybridized carbons (Fsp3) is 0.389. The number of nitrogens with zero attached hydrogens (tertiary/aromatic N) is 3.